The molecule has 1 aliphatic rings. The van der Waals surface area contributed by atoms with Crippen molar-refractivity contribution in [3.63, 3.8) is 0 Å². The molecule has 0 bridgehead atoms. The van der Waals surface area contributed by atoms with E-state index in [2.05, 4.69) is 16.9 Å². The summed E-state index contributed by atoms with van der Waals surface area (Å²) in [5, 5.41) is 9.33. The van der Waals surface area contributed by atoms with Crippen molar-refractivity contribution in [3.8, 4) is 0 Å². The summed E-state index contributed by atoms with van der Waals surface area (Å²) >= 11 is 0. The first-order valence-corrected chi connectivity index (χ1v) is 5.18. The number of aromatic nitrogens is 2. The highest BCUT2D eigenvalue weighted by Gasteiger charge is 2.32. The zero-order valence-corrected chi connectivity index (χ0v) is 8.80. The van der Waals surface area contributed by atoms with Crippen LogP contribution >= 0.6 is 0 Å². The number of anilines is 2. The molecule has 5 heteroatoms. The molecule has 82 valence electrons. The van der Waals surface area contributed by atoms with Crippen LogP contribution in [0.2, 0.25) is 0 Å². The maximum absolute atomic E-state index is 9.33. The van der Waals surface area contributed by atoms with Crippen LogP contribution in [0.25, 0.3) is 0 Å². The van der Waals surface area contributed by atoms with E-state index in [0.29, 0.717) is 17.6 Å². The lowest BCUT2D eigenvalue weighted by molar-refractivity contribution is 0.244. The molecule has 0 saturated carbocycles. The third kappa shape index (κ3) is 1.74. The van der Waals surface area contributed by atoms with Crippen molar-refractivity contribution in [2.75, 3.05) is 23.8 Å². The lowest BCUT2D eigenvalue weighted by Gasteiger charge is -2.26. The molecule has 0 aromatic carbocycles. The Morgan fingerprint density at radius 3 is 2.93 bits per heavy atom. The molecular formula is C10H16N4O. The molecule has 15 heavy (non-hydrogen) atoms. The van der Waals surface area contributed by atoms with Gasteiger partial charge in [-0.05, 0) is 12.3 Å². The van der Waals surface area contributed by atoms with Gasteiger partial charge in [-0.15, -0.1) is 0 Å². The van der Waals surface area contributed by atoms with Crippen molar-refractivity contribution in [1.29, 1.82) is 0 Å². The first kappa shape index (κ1) is 10.2. The van der Waals surface area contributed by atoms with Crippen LogP contribution in [0.15, 0.2) is 12.4 Å². The van der Waals surface area contributed by atoms with Crippen molar-refractivity contribution in [1.82, 2.24) is 9.97 Å². The van der Waals surface area contributed by atoms with E-state index in [-0.39, 0.29) is 12.6 Å². The number of hydrogen-bond acceptors (Lipinski definition) is 5. The van der Waals surface area contributed by atoms with Crippen molar-refractivity contribution >= 4 is 11.6 Å². The smallest absolute Gasteiger partial charge is 0.171 e. The van der Waals surface area contributed by atoms with Gasteiger partial charge in [-0.1, -0.05) is 6.92 Å². The van der Waals surface area contributed by atoms with Crippen LogP contribution in [-0.2, 0) is 0 Å². The quantitative estimate of drug-likeness (QED) is 0.729. The van der Waals surface area contributed by atoms with Crippen LogP contribution < -0.4 is 10.6 Å². The second-order valence-corrected chi connectivity index (χ2v) is 3.97. The van der Waals surface area contributed by atoms with E-state index in [1.807, 2.05) is 4.90 Å². The number of nitrogens with two attached hydrogens (primary N) is 1. The molecule has 0 amide bonds. The summed E-state index contributed by atoms with van der Waals surface area (Å²) in [5.41, 5.74) is 5.77. The Morgan fingerprint density at radius 2 is 2.27 bits per heavy atom. The molecule has 1 saturated heterocycles. The molecule has 2 unspecified atom stereocenters. The first-order chi connectivity index (χ1) is 7.24. The van der Waals surface area contributed by atoms with Gasteiger partial charge in [-0.3, -0.25) is 0 Å². The summed E-state index contributed by atoms with van der Waals surface area (Å²) in [4.78, 5) is 10.3. The van der Waals surface area contributed by atoms with Gasteiger partial charge in [0, 0.05) is 18.9 Å². The van der Waals surface area contributed by atoms with Crippen LogP contribution in [0, 0.1) is 5.92 Å². The molecule has 1 aromatic heterocycles. The van der Waals surface area contributed by atoms with Gasteiger partial charge < -0.3 is 15.7 Å². The number of nitrogens with zero attached hydrogens (tertiary/aromatic N) is 3. The fraction of sp³-hybridized carbons (Fsp3) is 0.600. The molecule has 3 N–H and O–H groups in total. The third-order valence-corrected chi connectivity index (χ3v) is 3.05. The molecule has 2 atom stereocenters. The predicted molar refractivity (Wildman–Crippen MR) is 58.4 cm³/mol. The van der Waals surface area contributed by atoms with E-state index in [4.69, 9.17) is 5.73 Å². The number of nitrogen functional groups attached to an aromatic ring is 1. The van der Waals surface area contributed by atoms with Gasteiger partial charge in [0.2, 0.25) is 0 Å². The fourth-order valence-corrected chi connectivity index (χ4v) is 2.11. The van der Waals surface area contributed by atoms with Crippen molar-refractivity contribution in [2.24, 2.45) is 5.92 Å². The normalized spacial score (nSPS) is 25.9. The molecule has 2 rings (SSSR count). The lowest BCUT2D eigenvalue weighted by Crippen LogP contribution is -2.36. The van der Waals surface area contributed by atoms with Gasteiger partial charge in [-0.2, -0.15) is 0 Å². The zero-order valence-electron chi connectivity index (χ0n) is 8.80. The van der Waals surface area contributed by atoms with Crippen LogP contribution in [0.3, 0.4) is 0 Å². The van der Waals surface area contributed by atoms with Gasteiger partial charge in [0.1, 0.15) is 0 Å². The highest BCUT2D eigenvalue weighted by atomic mass is 16.3. The molecular weight excluding hydrogens is 192 g/mol. The largest absolute Gasteiger partial charge is 0.394 e. The molecule has 2 heterocycles. The summed E-state index contributed by atoms with van der Waals surface area (Å²) in [5.74, 6) is 1.60. The van der Waals surface area contributed by atoms with Crippen LogP contribution in [-0.4, -0.2) is 34.3 Å². The summed E-state index contributed by atoms with van der Waals surface area (Å²) in [6, 6.07) is 0.115. The molecule has 1 fully saturated rings. The molecule has 0 radical (unpaired) electrons. The Morgan fingerprint density at radius 1 is 1.53 bits per heavy atom. The summed E-state index contributed by atoms with van der Waals surface area (Å²) in [7, 11) is 0. The van der Waals surface area contributed by atoms with E-state index in [0.717, 1.165) is 13.0 Å². The molecule has 0 spiro atoms. The second kappa shape index (κ2) is 4.02. The van der Waals surface area contributed by atoms with Crippen LogP contribution in [0.1, 0.15) is 13.3 Å². The van der Waals surface area contributed by atoms with Crippen molar-refractivity contribution < 1.29 is 5.11 Å². The Labute approximate surface area is 88.9 Å². The number of rotatable bonds is 2. The molecule has 0 aliphatic carbocycles. The zero-order chi connectivity index (χ0) is 10.8. The number of aliphatic hydroxyl groups excluding tert-OH is 1. The Balaban J connectivity index is 2.28. The van der Waals surface area contributed by atoms with Crippen molar-refractivity contribution in [3.05, 3.63) is 12.4 Å². The summed E-state index contributed by atoms with van der Waals surface area (Å²) in [6.45, 7) is 3.15. The fourth-order valence-electron chi connectivity index (χ4n) is 2.11. The van der Waals surface area contributed by atoms with E-state index < -0.39 is 0 Å². The van der Waals surface area contributed by atoms with Gasteiger partial charge in [0.15, 0.2) is 11.6 Å². The van der Waals surface area contributed by atoms with Gasteiger partial charge in [-0.25, -0.2) is 9.97 Å². The minimum atomic E-state index is 0.115. The highest BCUT2D eigenvalue weighted by Crippen LogP contribution is 2.30. The standard InChI is InChI=1S/C10H16N4O/c1-7-2-5-14(8(7)6-15)10-9(11)12-3-4-13-10/h3-4,7-8,15H,2,5-6H2,1H3,(H2,11,12). The Bertz CT molecular complexity index is 344. The molecule has 5 nitrogen and oxygen atoms in total. The van der Waals surface area contributed by atoms with Crippen LogP contribution in [0.5, 0.6) is 0 Å². The monoisotopic (exact) mass is 208 g/mol. The average molecular weight is 208 g/mol. The van der Waals surface area contributed by atoms with E-state index in [1.165, 1.54) is 0 Å². The maximum Gasteiger partial charge on any atom is 0.171 e. The average Bonchev–Trinajstić information content (AvgIpc) is 2.60. The minimum Gasteiger partial charge on any atom is -0.394 e. The van der Waals surface area contributed by atoms with Crippen LogP contribution in [0.4, 0.5) is 11.6 Å². The molecule has 1 aliphatic heterocycles. The van der Waals surface area contributed by atoms with E-state index in [9.17, 15) is 5.11 Å². The lowest BCUT2D eigenvalue weighted by atomic mass is 10.0. The third-order valence-electron chi connectivity index (χ3n) is 3.05. The summed E-state index contributed by atoms with van der Waals surface area (Å²) < 4.78 is 0. The topological polar surface area (TPSA) is 75.3 Å². The second-order valence-electron chi connectivity index (χ2n) is 3.97. The van der Waals surface area contributed by atoms with Gasteiger partial charge >= 0.3 is 0 Å². The van der Waals surface area contributed by atoms with Gasteiger partial charge in [0.05, 0.1) is 12.6 Å². The summed E-state index contributed by atoms with van der Waals surface area (Å²) in [6.07, 6.45) is 4.26. The first-order valence-electron chi connectivity index (χ1n) is 5.18. The minimum absolute atomic E-state index is 0.115. The van der Waals surface area contributed by atoms with E-state index in [1.54, 1.807) is 12.4 Å². The highest BCUT2D eigenvalue weighted by molar-refractivity contribution is 5.58. The van der Waals surface area contributed by atoms with Gasteiger partial charge in [0.25, 0.3) is 0 Å². The molecule has 1 aromatic rings. The maximum atomic E-state index is 9.33. The number of hydrogen-bond donors (Lipinski definition) is 2. The number of aliphatic hydroxyl groups is 1. The van der Waals surface area contributed by atoms with Crippen molar-refractivity contribution in [2.45, 2.75) is 19.4 Å². The van der Waals surface area contributed by atoms with E-state index >= 15 is 0 Å². The SMILES string of the molecule is CC1CCN(c2nccnc2N)C1CO. The Hall–Kier alpha value is -1.36. The Kier molecular flexibility index (Phi) is 2.73. The predicted octanol–water partition coefficient (Wildman–Crippen LogP) is 0.266.